The number of carbonyl (C=O) groups excluding carboxylic acids is 1. The van der Waals surface area contributed by atoms with Crippen LogP contribution in [0, 0.1) is 16.7 Å². The van der Waals surface area contributed by atoms with E-state index in [1.54, 1.807) is 11.2 Å². The van der Waals surface area contributed by atoms with Gasteiger partial charge in [0, 0.05) is 18.5 Å². The van der Waals surface area contributed by atoms with Crippen LogP contribution in [0.25, 0.3) is 0 Å². The second kappa shape index (κ2) is 5.92. The highest BCUT2D eigenvalue weighted by Gasteiger charge is 2.77. The first kappa shape index (κ1) is 20.1. The molecule has 1 aliphatic heterocycles. The molecule has 3 rings (SSSR count). The Labute approximate surface area is 157 Å². The lowest BCUT2D eigenvalue weighted by molar-refractivity contribution is -0.240. The van der Waals surface area contributed by atoms with E-state index < -0.39 is 27.3 Å². The maximum atomic E-state index is 13.5. The number of rotatable bonds is 5. The van der Waals surface area contributed by atoms with Gasteiger partial charge in [-0.15, -0.1) is 0 Å². The van der Waals surface area contributed by atoms with Crippen molar-refractivity contribution >= 4 is 16.0 Å². The summed E-state index contributed by atoms with van der Waals surface area (Å²) in [5, 5.41) is 0. The van der Waals surface area contributed by atoms with Crippen LogP contribution in [-0.2, 0) is 24.3 Å². The summed E-state index contributed by atoms with van der Waals surface area (Å²) in [5.74, 6) is -1.24. The molecule has 0 N–H and O–H groups in total. The van der Waals surface area contributed by atoms with E-state index in [0.717, 1.165) is 6.42 Å². The van der Waals surface area contributed by atoms with Crippen molar-refractivity contribution in [2.24, 2.45) is 16.7 Å². The molecule has 2 saturated carbocycles. The van der Waals surface area contributed by atoms with Gasteiger partial charge in [-0.2, -0.15) is 4.31 Å². The SMILES string of the molecule is CC(C)N(C(C)C)S(=O)(=O)CC12CCC(CC13OC(=O)[C@H](C)O3)C2(C)C. The largest absolute Gasteiger partial charge is 0.430 e. The minimum absolute atomic E-state index is 0.0418. The molecule has 0 radical (unpaired) electrons. The smallest absolute Gasteiger partial charge is 0.337 e. The van der Waals surface area contributed by atoms with Crippen LogP contribution in [0.5, 0.6) is 0 Å². The highest BCUT2D eigenvalue weighted by atomic mass is 32.2. The van der Waals surface area contributed by atoms with Crippen molar-refractivity contribution in [1.29, 1.82) is 0 Å². The summed E-state index contributed by atoms with van der Waals surface area (Å²) < 4.78 is 40.4. The summed E-state index contributed by atoms with van der Waals surface area (Å²) in [5.41, 5.74) is -0.990. The fourth-order valence-corrected chi connectivity index (χ4v) is 8.74. The normalized spacial score (nSPS) is 38.9. The molecule has 150 valence electrons. The van der Waals surface area contributed by atoms with Gasteiger partial charge in [-0.05, 0) is 58.8 Å². The molecule has 7 heteroatoms. The van der Waals surface area contributed by atoms with Crippen LogP contribution in [0.2, 0.25) is 0 Å². The van der Waals surface area contributed by atoms with E-state index in [1.165, 1.54) is 0 Å². The Morgan fingerprint density at radius 2 is 1.77 bits per heavy atom. The highest BCUT2D eigenvalue weighted by molar-refractivity contribution is 7.89. The number of fused-ring (bicyclic) bond motifs is 3. The quantitative estimate of drug-likeness (QED) is 0.678. The number of ether oxygens (including phenoxy) is 2. The molecule has 2 bridgehead atoms. The van der Waals surface area contributed by atoms with Crippen LogP contribution in [0.4, 0.5) is 0 Å². The number of sulfonamides is 1. The number of hydrogen-bond acceptors (Lipinski definition) is 5. The van der Waals surface area contributed by atoms with Crippen molar-refractivity contribution in [3.63, 3.8) is 0 Å². The fourth-order valence-electron chi connectivity index (χ4n) is 5.95. The molecule has 1 spiro atoms. The Bertz CT molecular complexity index is 693. The number of esters is 1. The summed E-state index contributed by atoms with van der Waals surface area (Å²) in [6.45, 7) is 13.5. The van der Waals surface area contributed by atoms with Gasteiger partial charge in [-0.25, -0.2) is 13.2 Å². The van der Waals surface area contributed by atoms with Crippen LogP contribution < -0.4 is 0 Å². The lowest BCUT2D eigenvalue weighted by atomic mass is 9.68. The van der Waals surface area contributed by atoms with E-state index in [1.807, 2.05) is 27.7 Å². The first-order valence-electron chi connectivity index (χ1n) is 9.71. The molecule has 1 heterocycles. The molecule has 3 aliphatic rings. The van der Waals surface area contributed by atoms with Crippen molar-refractivity contribution in [2.45, 2.75) is 91.7 Å². The van der Waals surface area contributed by atoms with Gasteiger partial charge >= 0.3 is 5.97 Å². The van der Waals surface area contributed by atoms with Gasteiger partial charge in [0.2, 0.25) is 15.8 Å². The maximum Gasteiger partial charge on any atom is 0.337 e. The van der Waals surface area contributed by atoms with Crippen molar-refractivity contribution in [1.82, 2.24) is 4.31 Å². The maximum absolute atomic E-state index is 13.5. The van der Waals surface area contributed by atoms with Crippen molar-refractivity contribution in [3.05, 3.63) is 0 Å². The topological polar surface area (TPSA) is 72.9 Å². The molecule has 0 aromatic carbocycles. The molecule has 3 unspecified atom stereocenters. The third-order valence-corrected chi connectivity index (χ3v) is 9.49. The Morgan fingerprint density at radius 3 is 2.19 bits per heavy atom. The lowest BCUT2D eigenvalue weighted by Gasteiger charge is -2.47. The fraction of sp³-hybridized carbons (Fsp3) is 0.947. The standard InChI is InChI=1S/C19H33NO5S/c1-12(2)20(13(3)4)26(22,23)11-18-9-8-15(17(18,6)7)10-19(18)24-14(5)16(21)25-19/h12-15H,8-11H2,1-7H3/t14-,15?,18?,19?/m0/s1. The highest BCUT2D eigenvalue weighted by Crippen LogP contribution is 2.72. The van der Waals surface area contributed by atoms with Crippen molar-refractivity contribution in [2.75, 3.05) is 5.75 Å². The Balaban J connectivity index is 2.06. The molecule has 2 aliphatic carbocycles. The van der Waals surface area contributed by atoms with Gasteiger partial charge in [0.25, 0.3) is 0 Å². The third kappa shape index (κ3) is 2.49. The van der Waals surface area contributed by atoms with E-state index in [-0.39, 0.29) is 29.2 Å². The molecular formula is C19H33NO5S. The molecule has 4 atom stereocenters. The van der Waals surface area contributed by atoms with Crippen LogP contribution in [-0.4, -0.2) is 48.4 Å². The summed E-state index contributed by atoms with van der Waals surface area (Å²) in [6, 6.07) is -0.250. The van der Waals surface area contributed by atoms with Crippen molar-refractivity contribution in [3.8, 4) is 0 Å². The van der Waals surface area contributed by atoms with Gasteiger partial charge in [-0.1, -0.05) is 13.8 Å². The zero-order valence-electron chi connectivity index (χ0n) is 17.0. The third-order valence-electron chi connectivity index (χ3n) is 7.15. The average Bonchev–Trinajstić information content (AvgIpc) is 2.92. The minimum Gasteiger partial charge on any atom is -0.430 e. The molecule has 6 nitrogen and oxygen atoms in total. The second-order valence-corrected chi connectivity index (χ2v) is 11.3. The van der Waals surface area contributed by atoms with Gasteiger partial charge in [0.15, 0.2) is 6.10 Å². The van der Waals surface area contributed by atoms with E-state index in [9.17, 15) is 13.2 Å². The number of hydrogen-bond donors (Lipinski definition) is 0. The lowest BCUT2D eigenvalue weighted by Crippen LogP contribution is -2.57. The van der Waals surface area contributed by atoms with Crippen LogP contribution in [0.15, 0.2) is 0 Å². The molecule has 3 fully saturated rings. The summed E-state index contributed by atoms with van der Waals surface area (Å²) in [6.07, 6.45) is 1.60. The second-order valence-electron chi connectivity index (χ2n) is 9.45. The average molecular weight is 388 g/mol. The van der Waals surface area contributed by atoms with E-state index in [0.29, 0.717) is 18.8 Å². The Hall–Kier alpha value is -0.660. The van der Waals surface area contributed by atoms with Crippen LogP contribution >= 0.6 is 0 Å². The van der Waals surface area contributed by atoms with Crippen LogP contribution in [0.3, 0.4) is 0 Å². The van der Waals surface area contributed by atoms with Crippen LogP contribution in [0.1, 0.15) is 67.7 Å². The zero-order chi connectivity index (χ0) is 19.7. The predicted molar refractivity (Wildman–Crippen MR) is 98.8 cm³/mol. The van der Waals surface area contributed by atoms with E-state index in [4.69, 9.17) is 9.47 Å². The Kier molecular flexibility index (Phi) is 4.57. The van der Waals surface area contributed by atoms with E-state index in [2.05, 4.69) is 13.8 Å². The first-order chi connectivity index (χ1) is 11.8. The summed E-state index contributed by atoms with van der Waals surface area (Å²) >= 11 is 0. The minimum atomic E-state index is -3.56. The first-order valence-corrected chi connectivity index (χ1v) is 11.3. The monoisotopic (exact) mass is 387 g/mol. The predicted octanol–water partition coefficient (Wildman–Crippen LogP) is 2.92. The number of nitrogens with zero attached hydrogens (tertiary/aromatic N) is 1. The Morgan fingerprint density at radius 1 is 1.19 bits per heavy atom. The molecule has 0 aromatic rings. The van der Waals surface area contributed by atoms with Gasteiger partial charge in [0.1, 0.15) is 0 Å². The summed E-state index contributed by atoms with van der Waals surface area (Å²) in [4.78, 5) is 12.2. The molecule has 0 amide bonds. The molecule has 26 heavy (non-hydrogen) atoms. The number of carbonyl (C=O) groups is 1. The molecule has 1 saturated heterocycles. The van der Waals surface area contributed by atoms with Gasteiger partial charge < -0.3 is 9.47 Å². The molecule has 0 aromatic heterocycles. The van der Waals surface area contributed by atoms with E-state index >= 15 is 0 Å². The van der Waals surface area contributed by atoms with Gasteiger partial charge in [0.05, 0.1) is 11.2 Å². The zero-order valence-corrected chi connectivity index (χ0v) is 17.9. The van der Waals surface area contributed by atoms with Crippen molar-refractivity contribution < 1.29 is 22.7 Å². The molecular weight excluding hydrogens is 354 g/mol. The van der Waals surface area contributed by atoms with Gasteiger partial charge in [-0.3, -0.25) is 0 Å². The summed E-state index contributed by atoms with van der Waals surface area (Å²) in [7, 11) is -3.56.